The van der Waals surface area contributed by atoms with E-state index in [1.807, 2.05) is 45.9 Å². The summed E-state index contributed by atoms with van der Waals surface area (Å²) in [6.45, 7) is 12.9. The van der Waals surface area contributed by atoms with E-state index in [1.54, 1.807) is 46.1 Å². The number of esters is 1. The molecule has 15 atom stereocenters. The molecule has 3 aliphatic heterocycles. The minimum absolute atomic E-state index is 0.0580. The third-order valence-corrected chi connectivity index (χ3v) is 17.2. The smallest absolute Gasteiger partial charge is 0.329 e. The first-order valence-electron chi connectivity index (χ1n) is 26.4. The Balaban J connectivity index is 1.50. The molecule has 1 amide bonds. The van der Waals surface area contributed by atoms with E-state index in [-0.39, 0.29) is 66.3 Å². The van der Waals surface area contributed by atoms with E-state index >= 15 is 0 Å². The number of aliphatic hydroxyl groups is 3. The van der Waals surface area contributed by atoms with Gasteiger partial charge < -0.3 is 39.2 Å². The number of Topliss-reactive ketones (excluding diaryl/α,β-unsaturated/α-hetero) is 2. The topological polar surface area (TPSA) is 215 Å². The second kappa shape index (κ2) is 27.2. The van der Waals surface area contributed by atoms with Crippen LogP contribution in [0.15, 0.2) is 76.8 Å². The molecule has 1 aliphatic carbocycles. The number of nitrogens with one attached hydrogen (secondary N) is 1. The van der Waals surface area contributed by atoms with Crippen LogP contribution in [-0.2, 0) is 48.1 Å². The molecular weight excluding hydrogens is 960 g/mol. The van der Waals surface area contributed by atoms with E-state index in [2.05, 4.69) is 4.72 Å². The maximum atomic E-state index is 14.5. The maximum Gasteiger partial charge on any atom is 0.329 e. The van der Waals surface area contributed by atoms with Gasteiger partial charge in [-0.2, -0.15) is 0 Å². The molecule has 15 nitrogen and oxygen atoms in total. The van der Waals surface area contributed by atoms with Crippen LogP contribution in [0.2, 0.25) is 0 Å². The number of ether oxygens (including phenoxy) is 4. The summed E-state index contributed by atoms with van der Waals surface area (Å²) in [5.74, 6) is -8.04. The van der Waals surface area contributed by atoms with Gasteiger partial charge in [0.2, 0.25) is 15.8 Å². The van der Waals surface area contributed by atoms with Crippen LogP contribution >= 0.6 is 0 Å². The quantitative estimate of drug-likeness (QED) is 0.113. The number of allylic oxidation sites excluding steroid dienone is 6. The lowest BCUT2D eigenvalue weighted by Crippen LogP contribution is -2.61. The number of ketones is 2. The van der Waals surface area contributed by atoms with Crippen molar-refractivity contribution in [3.05, 3.63) is 77.7 Å². The van der Waals surface area contributed by atoms with E-state index in [1.165, 1.54) is 24.1 Å². The van der Waals surface area contributed by atoms with E-state index in [9.17, 15) is 47.3 Å². The van der Waals surface area contributed by atoms with Crippen molar-refractivity contribution >= 4 is 33.5 Å². The molecule has 0 unspecified atom stereocenters. The Morgan fingerprint density at radius 3 is 2.32 bits per heavy atom. The van der Waals surface area contributed by atoms with Gasteiger partial charge in [-0.25, -0.2) is 22.3 Å². The predicted octanol–water partition coefficient (Wildman–Crippen LogP) is 7.47. The lowest BCUT2D eigenvalue weighted by Gasteiger charge is -2.43. The Bertz CT molecular complexity index is 2280. The molecule has 17 heteroatoms. The second-order valence-electron chi connectivity index (χ2n) is 21.6. The summed E-state index contributed by atoms with van der Waals surface area (Å²) in [6.07, 6.45) is 11.9. The van der Waals surface area contributed by atoms with Crippen LogP contribution in [0.25, 0.3) is 0 Å². The Morgan fingerprint density at radius 2 is 1.62 bits per heavy atom. The van der Waals surface area contributed by atoms with Gasteiger partial charge in [0.15, 0.2) is 5.78 Å². The van der Waals surface area contributed by atoms with Gasteiger partial charge in [0.25, 0.3) is 11.7 Å². The lowest BCUT2D eigenvalue weighted by molar-refractivity contribution is -0.264. The fourth-order valence-corrected chi connectivity index (χ4v) is 12.4. The summed E-state index contributed by atoms with van der Waals surface area (Å²) in [7, 11) is -1.33. The zero-order valence-electron chi connectivity index (χ0n) is 44.4. The number of hydrogen-bond acceptors (Lipinski definition) is 13. The van der Waals surface area contributed by atoms with Crippen molar-refractivity contribution in [2.75, 3.05) is 20.8 Å². The van der Waals surface area contributed by atoms with Crippen LogP contribution in [-0.4, -0.2) is 127 Å². The highest BCUT2D eigenvalue weighted by molar-refractivity contribution is 7.89. The van der Waals surface area contributed by atoms with E-state index in [0.29, 0.717) is 68.9 Å². The molecule has 0 aromatic heterocycles. The van der Waals surface area contributed by atoms with Crippen molar-refractivity contribution in [3.63, 3.8) is 0 Å². The minimum atomic E-state index is -4.32. The normalized spacial score (nSPS) is 37.4. The van der Waals surface area contributed by atoms with Crippen molar-refractivity contribution in [2.24, 2.45) is 35.5 Å². The maximum absolute atomic E-state index is 14.5. The summed E-state index contributed by atoms with van der Waals surface area (Å²) in [5.41, 5.74) is 1.09. The molecule has 4 N–H and O–H groups in total. The summed E-state index contributed by atoms with van der Waals surface area (Å²) < 4.78 is 68.3. The highest BCUT2D eigenvalue weighted by Gasteiger charge is 2.53. The van der Waals surface area contributed by atoms with Crippen LogP contribution in [0, 0.1) is 41.3 Å². The predicted molar refractivity (Wildman–Crippen MR) is 274 cm³/mol. The molecular formula is C56H83FN2O13S. The molecule has 5 rings (SSSR count). The van der Waals surface area contributed by atoms with Crippen LogP contribution in [0.5, 0.6) is 0 Å². The van der Waals surface area contributed by atoms with Gasteiger partial charge in [0.05, 0.1) is 23.2 Å². The van der Waals surface area contributed by atoms with Crippen molar-refractivity contribution < 1.29 is 66.3 Å². The van der Waals surface area contributed by atoms with Crippen LogP contribution < -0.4 is 4.72 Å². The molecule has 2 saturated heterocycles. The number of halogens is 1. The molecule has 4 aliphatic rings. The first-order chi connectivity index (χ1) is 34.5. The van der Waals surface area contributed by atoms with Crippen molar-refractivity contribution in [1.82, 2.24) is 9.62 Å². The third-order valence-electron chi connectivity index (χ3n) is 15.7. The molecule has 2 bridgehead atoms. The highest BCUT2D eigenvalue weighted by Crippen LogP contribution is 2.38. The first kappa shape index (κ1) is 59.9. The number of amides is 1. The first-order valence-corrected chi connectivity index (χ1v) is 27.9. The average molecular weight is 1040 g/mol. The zero-order valence-corrected chi connectivity index (χ0v) is 45.2. The number of fused-ring (bicyclic) bond motifs is 3. The molecule has 0 spiro atoms. The highest BCUT2D eigenvalue weighted by atomic mass is 32.2. The summed E-state index contributed by atoms with van der Waals surface area (Å²) in [6, 6.07) is 2.48. The summed E-state index contributed by atoms with van der Waals surface area (Å²) in [4.78, 5) is 58.1. The standard InChI is InChI=1S/C56H83FN2O13S/c1-34-16-11-10-12-17-36(3)45(58-73(67,68)44-19-15-18-42(57)32-44)33-43-24-22-40(7)56(66,72-43)53(63)54(64)59-27-14-13-20-46(59)55(65)71-48(37(4)30-41-23-25-47(60)49(31-41)69-8)26-21-35(2)29-39(6)51(62)52(70-9)50(61)38(5)28-34/h10-12,15-19,29,32,34-35,37-38,40-41,43,45-49,51-52,58,60,62,66H,13-14,20-28,30-31,33H2,1-9H3/b12-10+,16-11+,36-17+,39-29+/t34-,35+,37-,38-,40-,41-,43+,45+,46+,47-,48+,49-,51-,52+,56-/m1/s1. The SMILES string of the molecule is CO[C@@H]1C[C@@H](C[C@@H](C)[C@@H]2CC[C@H](C)/C=C(\C)[C@@H](O)[C@@H](OC)C(=O)[C@H](C)C[C@H](C)/C=C/C=C/C=C(\C)[C@@H](NS(=O)(=O)c3cccc(F)c3)C[C@@H]3CC[C@@H](C)[C@@](O)(O3)C(=O)C(=O)N3CCCC[C@H]3C(=O)O2)CC[C@H]1O. The van der Waals surface area contributed by atoms with Gasteiger partial charge in [-0.05, 0) is 145 Å². The Hall–Kier alpha value is -3.94. The van der Waals surface area contributed by atoms with Crippen molar-refractivity contribution in [2.45, 2.75) is 191 Å². The van der Waals surface area contributed by atoms with Gasteiger partial charge in [-0.3, -0.25) is 14.4 Å². The molecule has 0 radical (unpaired) electrons. The van der Waals surface area contributed by atoms with Crippen LogP contribution in [0.3, 0.4) is 0 Å². The number of piperidine rings is 1. The number of carbonyl (C=O) groups is 4. The average Bonchev–Trinajstić information content (AvgIpc) is 3.35. The Labute approximate surface area is 433 Å². The fourth-order valence-electron chi connectivity index (χ4n) is 11.1. The van der Waals surface area contributed by atoms with Crippen LogP contribution in [0.1, 0.15) is 132 Å². The number of benzene rings is 1. The number of aliphatic hydroxyl groups excluding tert-OH is 2. The molecule has 1 aromatic carbocycles. The number of rotatable bonds is 8. The molecule has 3 heterocycles. The zero-order chi connectivity index (χ0) is 53.8. The number of carbonyl (C=O) groups excluding carboxylic acids is 4. The largest absolute Gasteiger partial charge is 0.461 e. The Morgan fingerprint density at radius 1 is 0.877 bits per heavy atom. The number of methoxy groups -OCH3 is 2. The molecule has 408 valence electrons. The third kappa shape index (κ3) is 16.0. The lowest BCUT2D eigenvalue weighted by atomic mass is 9.78. The molecule has 3 fully saturated rings. The van der Waals surface area contributed by atoms with Gasteiger partial charge >= 0.3 is 5.97 Å². The molecule has 73 heavy (non-hydrogen) atoms. The van der Waals surface area contributed by atoms with Gasteiger partial charge in [-0.15, -0.1) is 0 Å². The van der Waals surface area contributed by atoms with Crippen molar-refractivity contribution in [1.29, 1.82) is 0 Å². The van der Waals surface area contributed by atoms with Gasteiger partial charge in [-0.1, -0.05) is 82.7 Å². The second-order valence-corrected chi connectivity index (χ2v) is 23.3. The summed E-state index contributed by atoms with van der Waals surface area (Å²) in [5, 5.41) is 34.2. The number of cyclic esters (lactones) is 1. The minimum Gasteiger partial charge on any atom is -0.461 e. The van der Waals surface area contributed by atoms with Gasteiger partial charge in [0, 0.05) is 38.6 Å². The number of hydrogen-bond donors (Lipinski definition) is 4. The van der Waals surface area contributed by atoms with Crippen molar-refractivity contribution in [3.8, 4) is 0 Å². The van der Waals surface area contributed by atoms with Crippen LogP contribution in [0.4, 0.5) is 4.39 Å². The number of sulfonamides is 1. The van der Waals surface area contributed by atoms with E-state index < -0.39 is 93.7 Å². The molecule has 1 saturated carbocycles. The monoisotopic (exact) mass is 1040 g/mol. The van der Waals surface area contributed by atoms with Gasteiger partial charge in [0.1, 0.15) is 30.2 Å². The Kier molecular flexibility index (Phi) is 22.3. The van der Waals surface area contributed by atoms with E-state index in [4.69, 9.17) is 18.9 Å². The molecule has 1 aromatic rings. The number of nitrogens with zero attached hydrogens (tertiary/aromatic N) is 1. The van der Waals surface area contributed by atoms with E-state index in [0.717, 1.165) is 18.6 Å². The fraction of sp³-hybridized carbons (Fsp3) is 0.679. The summed E-state index contributed by atoms with van der Waals surface area (Å²) >= 11 is 0.